The van der Waals surface area contributed by atoms with E-state index in [0.717, 1.165) is 12.2 Å². The highest BCUT2D eigenvalue weighted by molar-refractivity contribution is 5.88. The summed E-state index contributed by atoms with van der Waals surface area (Å²) in [5.41, 5.74) is 1.50. The van der Waals surface area contributed by atoms with Crippen LogP contribution in [-0.2, 0) is 11.3 Å². The van der Waals surface area contributed by atoms with E-state index in [0.29, 0.717) is 23.7 Å². The summed E-state index contributed by atoms with van der Waals surface area (Å²) in [5, 5.41) is 3.67. The fraction of sp³-hybridized carbons (Fsp3) is 0.625. The van der Waals surface area contributed by atoms with Gasteiger partial charge in [-0.3, -0.25) is 9.88 Å². The van der Waals surface area contributed by atoms with E-state index in [9.17, 15) is 4.79 Å². The molecule has 0 radical (unpaired) electrons. The number of carbonyl (C=O) groups excluding carboxylic acids is 1. The SMILES string of the molecule is COC(=O)c1ccc(CN(C)C2CC3CCC(C2)N3)nc1. The number of nitrogens with one attached hydrogen (secondary N) is 1. The Morgan fingerprint density at radius 2 is 2.10 bits per heavy atom. The minimum Gasteiger partial charge on any atom is -0.465 e. The third-order valence-electron chi connectivity index (χ3n) is 4.73. The topological polar surface area (TPSA) is 54.5 Å². The van der Waals surface area contributed by atoms with E-state index in [4.69, 9.17) is 0 Å². The van der Waals surface area contributed by atoms with Crippen molar-refractivity contribution in [2.24, 2.45) is 0 Å². The van der Waals surface area contributed by atoms with E-state index in [1.165, 1.54) is 32.8 Å². The van der Waals surface area contributed by atoms with Crippen molar-refractivity contribution in [2.75, 3.05) is 14.2 Å². The normalized spacial score (nSPS) is 27.9. The van der Waals surface area contributed by atoms with Crippen LogP contribution in [0.25, 0.3) is 0 Å². The minimum atomic E-state index is -0.336. The zero-order valence-corrected chi connectivity index (χ0v) is 12.7. The lowest BCUT2D eigenvalue weighted by Crippen LogP contribution is -2.46. The highest BCUT2D eigenvalue weighted by Gasteiger charge is 2.34. The van der Waals surface area contributed by atoms with Crippen molar-refractivity contribution in [3.63, 3.8) is 0 Å². The molecule has 0 aliphatic carbocycles. The first-order valence-electron chi connectivity index (χ1n) is 7.65. The maximum Gasteiger partial charge on any atom is 0.339 e. The number of pyridine rings is 1. The minimum absolute atomic E-state index is 0.336. The summed E-state index contributed by atoms with van der Waals surface area (Å²) in [7, 11) is 3.56. The van der Waals surface area contributed by atoms with Crippen LogP contribution < -0.4 is 5.32 Å². The van der Waals surface area contributed by atoms with Crippen molar-refractivity contribution in [2.45, 2.75) is 50.4 Å². The van der Waals surface area contributed by atoms with Gasteiger partial charge in [0.1, 0.15) is 0 Å². The van der Waals surface area contributed by atoms with Gasteiger partial charge < -0.3 is 10.1 Å². The number of carbonyl (C=O) groups is 1. The Morgan fingerprint density at radius 3 is 2.67 bits per heavy atom. The molecule has 1 aromatic heterocycles. The van der Waals surface area contributed by atoms with Crippen molar-refractivity contribution < 1.29 is 9.53 Å². The molecule has 3 heterocycles. The summed E-state index contributed by atoms with van der Waals surface area (Å²) in [6.07, 6.45) is 6.70. The van der Waals surface area contributed by atoms with Crippen LogP contribution in [0.1, 0.15) is 41.7 Å². The number of aromatic nitrogens is 1. The van der Waals surface area contributed by atoms with E-state index in [1.54, 1.807) is 12.3 Å². The number of hydrogen-bond donors (Lipinski definition) is 1. The van der Waals surface area contributed by atoms with Gasteiger partial charge in [0.15, 0.2) is 0 Å². The van der Waals surface area contributed by atoms with Gasteiger partial charge in [-0.1, -0.05) is 0 Å². The van der Waals surface area contributed by atoms with Crippen LogP contribution in [0.5, 0.6) is 0 Å². The summed E-state index contributed by atoms with van der Waals surface area (Å²) in [6, 6.07) is 5.73. The second-order valence-corrected chi connectivity index (χ2v) is 6.21. The van der Waals surface area contributed by atoms with Gasteiger partial charge in [0.2, 0.25) is 0 Å². The number of rotatable bonds is 4. The first-order chi connectivity index (χ1) is 10.2. The first kappa shape index (κ1) is 14.5. The fourth-order valence-corrected chi connectivity index (χ4v) is 3.53. The molecule has 2 bridgehead atoms. The molecule has 2 aliphatic rings. The average molecular weight is 289 g/mol. The van der Waals surface area contributed by atoms with Crippen molar-refractivity contribution in [1.29, 1.82) is 0 Å². The predicted molar refractivity (Wildman–Crippen MR) is 80.0 cm³/mol. The zero-order valence-electron chi connectivity index (χ0n) is 12.7. The molecule has 5 heteroatoms. The van der Waals surface area contributed by atoms with Crippen LogP contribution in [0.4, 0.5) is 0 Å². The molecule has 2 aliphatic heterocycles. The van der Waals surface area contributed by atoms with E-state index in [2.05, 4.69) is 27.0 Å². The van der Waals surface area contributed by atoms with Crippen LogP contribution in [0.3, 0.4) is 0 Å². The van der Waals surface area contributed by atoms with E-state index < -0.39 is 0 Å². The maximum atomic E-state index is 11.4. The largest absolute Gasteiger partial charge is 0.465 e. The molecule has 5 nitrogen and oxygen atoms in total. The Kier molecular flexibility index (Phi) is 4.22. The van der Waals surface area contributed by atoms with Gasteiger partial charge in [-0.05, 0) is 44.9 Å². The summed E-state index contributed by atoms with van der Waals surface area (Å²) in [6.45, 7) is 0.825. The first-order valence-corrected chi connectivity index (χ1v) is 7.65. The zero-order chi connectivity index (χ0) is 14.8. The molecule has 2 atom stereocenters. The highest BCUT2D eigenvalue weighted by Crippen LogP contribution is 2.29. The Bertz CT molecular complexity index is 491. The summed E-state index contributed by atoms with van der Waals surface area (Å²) in [5.74, 6) is -0.336. The number of esters is 1. The van der Waals surface area contributed by atoms with Crippen molar-refractivity contribution >= 4 is 5.97 Å². The van der Waals surface area contributed by atoms with Crippen LogP contribution in [0.15, 0.2) is 18.3 Å². The third kappa shape index (κ3) is 3.24. The van der Waals surface area contributed by atoms with E-state index in [-0.39, 0.29) is 5.97 Å². The Balaban J connectivity index is 1.59. The van der Waals surface area contributed by atoms with E-state index >= 15 is 0 Å². The number of ether oxygens (including phenoxy) is 1. The summed E-state index contributed by atoms with van der Waals surface area (Å²) < 4.78 is 4.69. The summed E-state index contributed by atoms with van der Waals surface area (Å²) in [4.78, 5) is 18.2. The number of methoxy groups -OCH3 is 1. The number of fused-ring (bicyclic) bond motifs is 2. The van der Waals surface area contributed by atoms with Crippen LogP contribution in [-0.4, -0.2) is 48.1 Å². The van der Waals surface area contributed by atoms with E-state index in [1.807, 2.05) is 6.07 Å². The summed E-state index contributed by atoms with van der Waals surface area (Å²) >= 11 is 0. The maximum absolute atomic E-state index is 11.4. The lowest BCUT2D eigenvalue weighted by molar-refractivity contribution is 0.0600. The molecule has 0 spiro atoms. The molecule has 21 heavy (non-hydrogen) atoms. The molecular weight excluding hydrogens is 266 g/mol. The molecule has 2 saturated heterocycles. The van der Waals surface area contributed by atoms with Crippen molar-refractivity contribution in [1.82, 2.24) is 15.2 Å². The van der Waals surface area contributed by atoms with Gasteiger partial charge in [0.25, 0.3) is 0 Å². The van der Waals surface area contributed by atoms with Gasteiger partial charge >= 0.3 is 5.97 Å². The number of hydrogen-bond acceptors (Lipinski definition) is 5. The Hall–Kier alpha value is -1.46. The average Bonchev–Trinajstić information content (AvgIpc) is 2.85. The number of piperidine rings is 1. The predicted octanol–water partition coefficient (Wildman–Crippen LogP) is 1.58. The molecule has 2 unspecified atom stereocenters. The molecule has 0 amide bonds. The van der Waals surface area contributed by atoms with Gasteiger partial charge in [-0.25, -0.2) is 4.79 Å². The molecule has 1 aromatic rings. The van der Waals surface area contributed by atoms with Crippen LogP contribution in [0.2, 0.25) is 0 Å². The van der Waals surface area contributed by atoms with Crippen LogP contribution in [0, 0.1) is 0 Å². The molecule has 2 fully saturated rings. The highest BCUT2D eigenvalue weighted by atomic mass is 16.5. The molecule has 0 aromatic carbocycles. The van der Waals surface area contributed by atoms with Crippen LogP contribution >= 0.6 is 0 Å². The monoisotopic (exact) mass is 289 g/mol. The lowest BCUT2D eigenvalue weighted by atomic mass is 9.98. The second-order valence-electron chi connectivity index (χ2n) is 6.21. The van der Waals surface area contributed by atoms with Gasteiger partial charge in [-0.2, -0.15) is 0 Å². The molecular formula is C16H23N3O2. The second kappa shape index (κ2) is 6.12. The quantitative estimate of drug-likeness (QED) is 0.853. The molecule has 1 N–H and O–H groups in total. The Labute approximate surface area is 125 Å². The van der Waals surface area contributed by atoms with Gasteiger partial charge in [0.05, 0.1) is 18.4 Å². The Morgan fingerprint density at radius 1 is 1.38 bits per heavy atom. The van der Waals surface area contributed by atoms with Crippen molar-refractivity contribution in [3.05, 3.63) is 29.6 Å². The number of nitrogens with zero attached hydrogens (tertiary/aromatic N) is 2. The lowest BCUT2D eigenvalue weighted by Gasteiger charge is -2.35. The van der Waals surface area contributed by atoms with Gasteiger partial charge in [-0.15, -0.1) is 0 Å². The molecule has 0 saturated carbocycles. The standard InChI is InChI=1S/C16H23N3O2/c1-19(15-7-12-5-6-13(8-15)18-12)10-14-4-3-11(9-17-14)16(20)21-2/h3-4,9,12-13,15,18H,5-8,10H2,1-2H3. The van der Waals surface area contributed by atoms with Gasteiger partial charge in [0, 0.05) is 30.9 Å². The van der Waals surface area contributed by atoms with Crippen molar-refractivity contribution in [3.8, 4) is 0 Å². The third-order valence-corrected chi connectivity index (χ3v) is 4.73. The molecule has 3 rings (SSSR count). The smallest absolute Gasteiger partial charge is 0.339 e. The fourth-order valence-electron chi connectivity index (χ4n) is 3.53. The molecule has 114 valence electrons.